The lowest BCUT2D eigenvalue weighted by atomic mass is 10.1. The Kier molecular flexibility index (Phi) is 2.07. The van der Waals surface area contributed by atoms with Crippen LogP contribution in [0.1, 0.15) is 4.88 Å². The fourth-order valence-corrected chi connectivity index (χ4v) is 2.12. The van der Waals surface area contributed by atoms with Crippen LogP contribution in [0.3, 0.4) is 0 Å². The van der Waals surface area contributed by atoms with E-state index in [-0.39, 0.29) is 0 Å². The molecule has 1 aromatic heterocycles. The maximum Gasteiger partial charge on any atom is 0.0394 e. The molecule has 0 unspecified atom stereocenters. The van der Waals surface area contributed by atoms with E-state index in [1.807, 2.05) is 18.2 Å². The van der Waals surface area contributed by atoms with Gasteiger partial charge in [0.2, 0.25) is 0 Å². The first-order valence-electron chi connectivity index (χ1n) is 4.18. The normalized spacial score (nSPS) is 10.2. The van der Waals surface area contributed by atoms with E-state index in [0.717, 1.165) is 11.3 Å². The van der Waals surface area contributed by atoms with Gasteiger partial charge in [0.05, 0.1) is 0 Å². The van der Waals surface area contributed by atoms with Crippen LogP contribution in [-0.4, -0.2) is 0 Å². The molecule has 1 nitrogen and oxygen atoms in total. The number of nitrogen functional groups attached to an aromatic ring is 1. The molecule has 13 heavy (non-hydrogen) atoms. The Bertz CT molecular complexity index is 418. The molecule has 0 saturated heterocycles. The molecule has 2 rings (SSSR count). The zero-order valence-electron chi connectivity index (χ0n) is 7.45. The number of hydrogen-bond acceptors (Lipinski definition) is 2. The predicted octanol–water partition coefficient (Wildman–Crippen LogP) is 3.31. The number of hydrogen-bond donors (Lipinski definition) is 1. The van der Waals surface area contributed by atoms with E-state index in [1.165, 1.54) is 10.4 Å². The Morgan fingerprint density at radius 1 is 1.08 bits per heavy atom. The van der Waals surface area contributed by atoms with Crippen molar-refractivity contribution in [2.75, 3.05) is 5.73 Å². The number of nitrogens with two attached hydrogens (primary N) is 1. The van der Waals surface area contributed by atoms with E-state index in [1.54, 1.807) is 11.3 Å². The van der Waals surface area contributed by atoms with Crippen molar-refractivity contribution in [3.05, 3.63) is 40.6 Å². The smallest absolute Gasteiger partial charge is 0.0394 e. The Morgan fingerprint density at radius 2 is 1.85 bits per heavy atom. The fourth-order valence-electron chi connectivity index (χ4n) is 1.41. The van der Waals surface area contributed by atoms with Crippen LogP contribution in [0, 0.1) is 6.92 Å². The molecule has 2 heteroatoms. The highest BCUT2D eigenvalue weighted by molar-refractivity contribution is 7.10. The van der Waals surface area contributed by atoms with Gasteiger partial charge in [0.25, 0.3) is 0 Å². The van der Waals surface area contributed by atoms with Crippen LogP contribution < -0.4 is 5.73 Å². The molecule has 0 amide bonds. The van der Waals surface area contributed by atoms with E-state index >= 15 is 0 Å². The van der Waals surface area contributed by atoms with Crippen LogP contribution in [0.15, 0.2) is 35.7 Å². The molecular formula is C11H11NS. The molecular weight excluding hydrogens is 178 g/mol. The first-order valence-corrected chi connectivity index (χ1v) is 5.06. The highest BCUT2D eigenvalue weighted by Crippen LogP contribution is 2.31. The molecule has 0 spiro atoms. The van der Waals surface area contributed by atoms with Crippen molar-refractivity contribution in [2.45, 2.75) is 6.92 Å². The minimum Gasteiger partial charge on any atom is -0.398 e. The third-order valence-electron chi connectivity index (χ3n) is 2.11. The van der Waals surface area contributed by atoms with Crippen molar-refractivity contribution in [3.63, 3.8) is 0 Å². The standard InChI is InChI=1S/C11H11NS/c1-8-9(6-7-13-8)10-4-2-3-5-11(10)12/h2-7H,12H2,1H3. The minimum absolute atomic E-state index is 0.851. The molecule has 0 aliphatic heterocycles. The van der Waals surface area contributed by atoms with Crippen LogP contribution in [0.2, 0.25) is 0 Å². The summed E-state index contributed by atoms with van der Waals surface area (Å²) in [5.74, 6) is 0. The molecule has 1 heterocycles. The fraction of sp³-hybridized carbons (Fsp3) is 0.0909. The molecule has 0 aliphatic carbocycles. The van der Waals surface area contributed by atoms with E-state index < -0.39 is 0 Å². The number of rotatable bonds is 1. The lowest BCUT2D eigenvalue weighted by molar-refractivity contribution is 1.58. The van der Waals surface area contributed by atoms with Crippen molar-refractivity contribution >= 4 is 17.0 Å². The third-order valence-corrected chi connectivity index (χ3v) is 2.96. The zero-order chi connectivity index (χ0) is 9.26. The average molecular weight is 189 g/mol. The van der Waals surface area contributed by atoms with Gasteiger partial charge in [-0.1, -0.05) is 18.2 Å². The largest absolute Gasteiger partial charge is 0.398 e. The molecule has 0 atom stereocenters. The summed E-state index contributed by atoms with van der Waals surface area (Å²) in [5, 5.41) is 2.09. The Hall–Kier alpha value is -1.28. The maximum absolute atomic E-state index is 5.89. The van der Waals surface area contributed by atoms with Crippen molar-refractivity contribution in [1.82, 2.24) is 0 Å². The molecule has 0 aliphatic rings. The van der Waals surface area contributed by atoms with E-state index in [2.05, 4.69) is 24.4 Å². The van der Waals surface area contributed by atoms with Gasteiger partial charge in [0.1, 0.15) is 0 Å². The van der Waals surface area contributed by atoms with Gasteiger partial charge in [0, 0.05) is 16.1 Å². The number of aryl methyl sites for hydroxylation is 1. The van der Waals surface area contributed by atoms with Gasteiger partial charge >= 0.3 is 0 Å². The van der Waals surface area contributed by atoms with Gasteiger partial charge in [-0.3, -0.25) is 0 Å². The number of para-hydroxylation sites is 1. The molecule has 0 radical (unpaired) electrons. The highest BCUT2D eigenvalue weighted by atomic mass is 32.1. The summed E-state index contributed by atoms with van der Waals surface area (Å²) < 4.78 is 0. The van der Waals surface area contributed by atoms with Gasteiger partial charge < -0.3 is 5.73 Å². The lowest BCUT2D eigenvalue weighted by Crippen LogP contribution is -1.88. The third kappa shape index (κ3) is 1.45. The Balaban J connectivity index is 2.59. The molecule has 1 aromatic carbocycles. The molecule has 2 aromatic rings. The summed E-state index contributed by atoms with van der Waals surface area (Å²) in [6, 6.07) is 10.1. The van der Waals surface area contributed by atoms with Gasteiger partial charge in [0.15, 0.2) is 0 Å². The van der Waals surface area contributed by atoms with E-state index in [0.29, 0.717) is 0 Å². The zero-order valence-corrected chi connectivity index (χ0v) is 8.27. The van der Waals surface area contributed by atoms with Crippen LogP contribution >= 0.6 is 11.3 Å². The Morgan fingerprint density at radius 3 is 2.46 bits per heavy atom. The molecule has 2 N–H and O–H groups in total. The molecule has 0 fully saturated rings. The second-order valence-corrected chi connectivity index (χ2v) is 4.10. The first-order chi connectivity index (χ1) is 6.29. The Labute approximate surface area is 81.8 Å². The topological polar surface area (TPSA) is 26.0 Å². The van der Waals surface area contributed by atoms with Gasteiger partial charge in [-0.2, -0.15) is 0 Å². The van der Waals surface area contributed by atoms with Crippen molar-refractivity contribution in [1.29, 1.82) is 0 Å². The summed E-state index contributed by atoms with van der Waals surface area (Å²) in [6.07, 6.45) is 0. The average Bonchev–Trinajstić information content (AvgIpc) is 2.52. The number of benzene rings is 1. The molecule has 0 bridgehead atoms. The summed E-state index contributed by atoms with van der Waals surface area (Å²) in [6.45, 7) is 2.12. The lowest BCUT2D eigenvalue weighted by Gasteiger charge is -2.03. The quantitative estimate of drug-likeness (QED) is 0.684. The van der Waals surface area contributed by atoms with Crippen molar-refractivity contribution in [2.24, 2.45) is 0 Å². The van der Waals surface area contributed by atoms with Crippen LogP contribution in [0.4, 0.5) is 5.69 Å². The summed E-state index contributed by atoms with van der Waals surface area (Å²) >= 11 is 1.75. The van der Waals surface area contributed by atoms with Crippen molar-refractivity contribution in [3.8, 4) is 11.1 Å². The second kappa shape index (κ2) is 3.23. The van der Waals surface area contributed by atoms with E-state index in [4.69, 9.17) is 5.73 Å². The van der Waals surface area contributed by atoms with Crippen LogP contribution in [-0.2, 0) is 0 Å². The number of anilines is 1. The summed E-state index contributed by atoms with van der Waals surface area (Å²) in [4.78, 5) is 1.32. The monoisotopic (exact) mass is 189 g/mol. The number of thiophene rings is 1. The SMILES string of the molecule is Cc1sccc1-c1ccccc1N. The van der Waals surface area contributed by atoms with Gasteiger partial charge in [-0.05, 0) is 30.0 Å². The molecule has 0 saturated carbocycles. The van der Waals surface area contributed by atoms with E-state index in [9.17, 15) is 0 Å². The predicted molar refractivity (Wildman–Crippen MR) is 58.9 cm³/mol. The van der Waals surface area contributed by atoms with Crippen LogP contribution in [0.5, 0.6) is 0 Å². The van der Waals surface area contributed by atoms with Gasteiger partial charge in [-0.25, -0.2) is 0 Å². The minimum atomic E-state index is 0.851. The summed E-state index contributed by atoms with van der Waals surface area (Å²) in [5.41, 5.74) is 9.13. The highest BCUT2D eigenvalue weighted by Gasteiger charge is 2.04. The van der Waals surface area contributed by atoms with Crippen molar-refractivity contribution < 1.29 is 0 Å². The second-order valence-electron chi connectivity index (χ2n) is 2.98. The summed E-state index contributed by atoms with van der Waals surface area (Å²) in [7, 11) is 0. The van der Waals surface area contributed by atoms with Gasteiger partial charge in [-0.15, -0.1) is 11.3 Å². The maximum atomic E-state index is 5.89. The molecule has 66 valence electrons. The first kappa shape index (κ1) is 8.32. The van der Waals surface area contributed by atoms with Crippen LogP contribution in [0.25, 0.3) is 11.1 Å².